The molecule has 0 atom stereocenters. The van der Waals surface area contributed by atoms with Gasteiger partial charge in [-0.25, -0.2) is 5.43 Å². The molecule has 4 rings (SSSR count). The van der Waals surface area contributed by atoms with Crippen LogP contribution in [0.4, 0.5) is 5.69 Å². The Kier molecular flexibility index (Phi) is 6.44. The average molecular weight is 447 g/mol. The fourth-order valence-electron chi connectivity index (χ4n) is 3.90. The van der Waals surface area contributed by atoms with Gasteiger partial charge in [0.2, 0.25) is 0 Å². The predicted octanol–water partition coefficient (Wildman–Crippen LogP) is 4.33. The molecule has 33 heavy (non-hydrogen) atoms. The Morgan fingerprint density at radius 3 is 2.61 bits per heavy atom. The van der Waals surface area contributed by atoms with Crippen molar-refractivity contribution in [2.24, 2.45) is 5.10 Å². The Balaban J connectivity index is 1.57. The molecule has 0 bridgehead atoms. The lowest BCUT2D eigenvalue weighted by molar-refractivity contribution is 0.0950. The van der Waals surface area contributed by atoms with Crippen LogP contribution in [0, 0.1) is 6.92 Å². The molecule has 1 aromatic heterocycles. The molecule has 2 amide bonds. The third kappa shape index (κ3) is 4.59. The summed E-state index contributed by atoms with van der Waals surface area (Å²) in [5.41, 5.74) is 5.76. The number of nitrogens with zero attached hydrogens (tertiary/aromatic N) is 1. The molecule has 1 heterocycles. The Hall–Kier alpha value is -4.07. The van der Waals surface area contributed by atoms with Gasteiger partial charge < -0.3 is 19.2 Å². The number of hydrogen-bond acceptors (Lipinski definition) is 6. The number of ether oxygens (including phenoxy) is 2. The van der Waals surface area contributed by atoms with Gasteiger partial charge in [-0.05, 0) is 44.0 Å². The average Bonchev–Trinajstić information content (AvgIpc) is 3.19. The summed E-state index contributed by atoms with van der Waals surface area (Å²) in [7, 11) is 3.08. The lowest BCUT2D eigenvalue weighted by Crippen LogP contribution is -2.22. The fraction of sp³-hybridized carbons (Fsp3) is 0.240. The monoisotopic (exact) mass is 447 g/mol. The summed E-state index contributed by atoms with van der Waals surface area (Å²) in [6, 6.07) is 14.0. The summed E-state index contributed by atoms with van der Waals surface area (Å²) in [5.74, 6) is 1.31. The number of nitrogens with one attached hydrogen (secondary N) is 2. The molecule has 2 aromatic carbocycles. The second-order valence-electron chi connectivity index (χ2n) is 7.59. The predicted molar refractivity (Wildman–Crippen MR) is 124 cm³/mol. The van der Waals surface area contributed by atoms with Gasteiger partial charge in [-0.1, -0.05) is 18.2 Å². The zero-order chi connectivity index (χ0) is 23.4. The number of hydrazone groups is 1. The smallest absolute Gasteiger partial charge is 0.291 e. The fourth-order valence-corrected chi connectivity index (χ4v) is 3.90. The molecule has 1 aliphatic rings. The molecular weight excluding hydrogens is 422 g/mol. The van der Waals surface area contributed by atoms with Crippen LogP contribution in [0.15, 0.2) is 58.0 Å². The zero-order valence-corrected chi connectivity index (χ0v) is 18.7. The molecule has 0 fully saturated rings. The molecule has 0 unspecified atom stereocenters. The van der Waals surface area contributed by atoms with Gasteiger partial charge in [-0.15, -0.1) is 0 Å². The van der Waals surface area contributed by atoms with Crippen LogP contribution >= 0.6 is 0 Å². The second-order valence-corrected chi connectivity index (χ2v) is 7.59. The zero-order valence-electron chi connectivity index (χ0n) is 18.7. The molecule has 170 valence electrons. The van der Waals surface area contributed by atoms with Gasteiger partial charge in [0.25, 0.3) is 11.8 Å². The number of para-hydroxylation sites is 1. The summed E-state index contributed by atoms with van der Waals surface area (Å²) in [4.78, 5) is 25.5. The molecule has 2 N–H and O–H groups in total. The molecule has 0 saturated heterocycles. The second kappa shape index (κ2) is 9.60. The van der Waals surface area contributed by atoms with Crippen molar-refractivity contribution in [1.82, 2.24) is 5.43 Å². The first-order valence-electron chi connectivity index (χ1n) is 10.6. The number of carbonyl (C=O) groups excluding carboxylic acids is 2. The van der Waals surface area contributed by atoms with E-state index >= 15 is 0 Å². The van der Waals surface area contributed by atoms with E-state index in [0.29, 0.717) is 52.6 Å². The van der Waals surface area contributed by atoms with Gasteiger partial charge in [0.05, 0.1) is 25.5 Å². The summed E-state index contributed by atoms with van der Waals surface area (Å²) < 4.78 is 16.4. The van der Waals surface area contributed by atoms with E-state index in [9.17, 15) is 9.59 Å². The van der Waals surface area contributed by atoms with Crippen LogP contribution in [0.1, 0.15) is 50.6 Å². The van der Waals surface area contributed by atoms with E-state index in [1.807, 2.05) is 6.92 Å². The number of rotatable bonds is 6. The van der Waals surface area contributed by atoms with Crippen molar-refractivity contribution in [3.63, 3.8) is 0 Å². The quantitative estimate of drug-likeness (QED) is 0.548. The van der Waals surface area contributed by atoms with Gasteiger partial charge in [-0.3, -0.25) is 9.59 Å². The molecule has 0 saturated carbocycles. The van der Waals surface area contributed by atoms with E-state index in [-0.39, 0.29) is 17.6 Å². The summed E-state index contributed by atoms with van der Waals surface area (Å²) in [5, 5.41) is 7.22. The maximum absolute atomic E-state index is 12.9. The van der Waals surface area contributed by atoms with Crippen LogP contribution in [0.3, 0.4) is 0 Å². The topological polar surface area (TPSA) is 102 Å². The highest BCUT2D eigenvalue weighted by atomic mass is 16.5. The first-order valence-corrected chi connectivity index (χ1v) is 10.6. The van der Waals surface area contributed by atoms with E-state index in [2.05, 4.69) is 15.8 Å². The van der Waals surface area contributed by atoms with Crippen molar-refractivity contribution < 1.29 is 23.5 Å². The molecule has 0 radical (unpaired) electrons. The van der Waals surface area contributed by atoms with Crippen molar-refractivity contribution in [2.75, 3.05) is 19.5 Å². The summed E-state index contributed by atoms with van der Waals surface area (Å²) >= 11 is 0. The number of fused-ring (bicyclic) bond motifs is 1. The minimum absolute atomic E-state index is 0.230. The minimum Gasteiger partial charge on any atom is -0.497 e. The van der Waals surface area contributed by atoms with Crippen molar-refractivity contribution >= 4 is 23.2 Å². The molecule has 0 aliphatic heterocycles. The van der Waals surface area contributed by atoms with Crippen LogP contribution in [0.25, 0.3) is 0 Å². The number of aryl methyl sites for hydroxylation is 1. The molecule has 3 aromatic rings. The van der Waals surface area contributed by atoms with Crippen LogP contribution in [-0.2, 0) is 6.42 Å². The Morgan fingerprint density at radius 2 is 1.82 bits per heavy atom. The highest BCUT2D eigenvalue weighted by Crippen LogP contribution is 2.30. The van der Waals surface area contributed by atoms with Crippen LogP contribution in [-0.4, -0.2) is 31.7 Å². The minimum atomic E-state index is -0.371. The van der Waals surface area contributed by atoms with Crippen molar-refractivity contribution in [1.29, 1.82) is 0 Å². The molecule has 0 spiro atoms. The number of benzene rings is 2. The maximum Gasteiger partial charge on any atom is 0.291 e. The van der Waals surface area contributed by atoms with Gasteiger partial charge in [0.1, 0.15) is 17.3 Å². The molecule has 1 aliphatic carbocycles. The van der Waals surface area contributed by atoms with Gasteiger partial charge in [-0.2, -0.15) is 5.10 Å². The van der Waals surface area contributed by atoms with Crippen LogP contribution < -0.4 is 20.2 Å². The number of anilines is 1. The first kappa shape index (κ1) is 22.1. The highest BCUT2D eigenvalue weighted by Gasteiger charge is 2.28. The number of carbonyl (C=O) groups is 2. The van der Waals surface area contributed by atoms with Crippen molar-refractivity contribution in [3.8, 4) is 11.5 Å². The van der Waals surface area contributed by atoms with E-state index < -0.39 is 0 Å². The number of hydrogen-bond donors (Lipinski definition) is 2. The largest absolute Gasteiger partial charge is 0.497 e. The van der Waals surface area contributed by atoms with Crippen LogP contribution in [0.5, 0.6) is 11.5 Å². The van der Waals surface area contributed by atoms with Crippen LogP contribution in [0.2, 0.25) is 0 Å². The van der Waals surface area contributed by atoms with E-state index in [1.54, 1.807) is 55.6 Å². The maximum atomic E-state index is 12.9. The van der Waals surface area contributed by atoms with Gasteiger partial charge >= 0.3 is 0 Å². The van der Waals surface area contributed by atoms with E-state index in [0.717, 1.165) is 12.0 Å². The van der Waals surface area contributed by atoms with Gasteiger partial charge in [0.15, 0.2) is 5.76 Å². The first-order chi connectivity index (χ1) is 16.0. The summed E-state index contributed by atoms with van der Waals surface area (Å²) in [6.07, 6.45) is 2.17. The number of amides is 2. The van der Waals surface area contributed by atoms with Crippen molar-refractivity contribution in [3.05, 3.63) is 76.7 Å². The third-order valence-electron chi connectivity index (χ3n) is 5.50. The molecule has 8 heteroatoms. The normalized spacial score (nSPS) is 13.8. The lowest BCUT2D eigenvalue weighted by Gasteiger charge is -2.14. The Bertz CT molecular complexity index is 1230. The molecular formula is C25H25N3O5. The van der Waals surface area contributed by atoms with E-state index in [4.69, 9.17) is 13.9 Å². The SMILES string of the molecule is COc1cccc(NC(=O)c2oc3c(c2C)/C(=N/NC(=O)c2ccccc2OC)CCC3)c1. The Labute approximate surface area is 191 Å². The Morgan fingerprint density at radius 1 is 1.00 bits per heavy atom. The standard InChI is InChI=1S/C25H25N3O5/c1-15-22-19(27-28-24(29)18-10-4-5-12-20(18)32-3)11-7-13-21(22)33-23(15)25(30)26-16-8-6-9-17(14-16)31-2/h4-6,8-10,12,14H,7,11,13H2,1-3H3,(H,26,30)(H,28,29)/b27-19+. The van der Waals surface area contributed by atoms with Gasteiger partial charge in [0, 0.05) is 29.3 Å². The third-order valence-corrected chi connectivity index (χ3v) is 5.50. The summed E-state index contributed by atoms with van der Waals surface area (Å²) in [6.45, 7) is 1.83. The molecule has 8 nitrogen and oxygen atoms in total. The number of methoxy groups -OCH3 is 2. The highest BCUT2D eigenvalue weighted by molar-refractivity contribution is 6.09. The van der Waals surface area contributed by atoms with E-state index in [1.165, 1.54) is 7.11 Å². The lowest BCUT2D eigenvalue weighted by atomic mass is 9.93. The number of furan rings is 1. The van der Waals surface area contributed by atoms with Crippen molar-refractivity contribution in [2.45, 2.75) is 26.2 Å².